The molecule has 1 aromatic rings. The lowest BCUT2D eigenvalue weighted by molar-refractivity contribution is -0.123. The summed E-state index contributed by atoms with van der Waals surface area (Å²) in [4.78, 5) is 10.9. The van der Waals surface area contributed by atoms with Crippen LogP contribution in [0.4, 0.5) is 0 Å². The van der Waals surface area contributed by atoms with Crippen LogP contribution >= 0.6 is 0 Å². The molecule has 1 amide bonds. The third-order valence-corrected chi connectivity index (χ3v) is 2.31. The van der Waals surface area contributed by atoms with E-state index in [9.17, 15) is 4.79 Å². The van der Waals surface area contributed by atoms with Crippen LogP contribution in [0.15, 0.2) is 12.1 Å². The van der Waals surface area contributed by atoms with Crippen molar-refractivity contribution in [3.63, 3.8) is 0 Å². The molecule has 0 aliphatic rings. The molecule has 1 rings (SSSR count). The highest BCUT2D eigenvalue weighted by atomic mass is 16.5. The largest absolute Gasteiger partial charge is 0.483 e. The first-order valence-electron chi connectivity index (χ1n) is 4.74. The minimum Gasteiger partial charge on any atom is -0.483 e. The lowest BCUT2D eigenvalue weighted by Crippen LogP contribution is -2.34. The zero-order valence-corrected chi connectivity index (χ0v) is 9.26. The summed E-state index contributed by atoms with van der Waals surface area (Å²) in [7, 11) is 0. The van der Waals surface area contributed by atoms with E-state index in [1.54, 1.807) is 0 Å². The number of hydrazine groups is 1. The van der Waals surface area contributed by atoms with Gasteiger partial charge in [0.1, 0.15) is 5.75 Å². The molecule has 15 heavy (non-hydrogen) atoms. The van der Waals surface area contributed by atoms with E-state index in [4.69, 9.17) is 10.6 Å². The molecule has 0 saturated heterocycles. The lowest BCUT2D eigenvalue weighted by atomic mass is 10.1. The van der Waals surface area contributed by atoms with E-state index in [0.29, 0.717) is 0 Å². The summed E-state index contributed by atoms with van der Waals surface area (Å²) in [5.74, 6) is 5.33. The molecule has 0 unspecified atom stereocenters. The Labute approximate surface area is 89.4 Å². The van der Waals surface area contributed by atoms with Crippen molar-refractivity contribution < 1.29 is 9.53 Å². The van der Waals surface area contributed by atoms with Gasteiger partial charge in [-0.25, -0.2) is 5.84 Å². The number of ether oxygens (including phenoxy) is 1. The topological polar surface area (TPSA) is 64.3 Å². The predicted molar refractivity (Wildman–Crippen MR) is 58.5 cm³/mol. The van der Waals surface area contributed by atoms with Crippen LogP contribution < -0.4 is 16.0 Å². The van der Waals surface area contributed by atoms with Gasteiger partial charge >= 0.3 is 0 Å². The molecule has 1 aromatic carbocycles. The van der Waals surface area contributed by atoms with E-state index in [1.807, 2.05) is 38.3 Å². The van der Waals surface area contributed by atoms with Gasteiger partial charge in [0.2, 0.25) is 0 Å². The molecule has 0 spiro atoms. The Hall–Kier alpha value is -1.55. The molecule has 0 aromatic heterocycles. The van der Waals surface area contributed by atoms with Gasteiger partial charge < -0.3 is 4.74 Å². The van der Waals surface area contributed by atoms with Crippen molar-refractivity contribution in [3.05, 3.63) is 28.8 Å². The van der Waals surface area contributed by atoms with Crippen LogP contribution in [0.2, 0.25) is 0 Å². The number of carbonyl (C=O) groups excluding carboxylic acids is 1. The fourth-order valence-corrected chi connectivity index (χ4v) is 1.27. The monoisotopic (exact) mass is 208 g/mol. The van der Waals surface area contributed by atoms with Crippen LogP contribution in [-0.2, 0) is 4.79 Å². The molecule has 3 N–H and O–H groups in total. The van der Waals surface area contributed by atoms with Gasteiger partial charge in [-0.1, -0.05) is 6.07 Å². The summed E-state index contributed by atoms with van der Waals surface area (Å²) < 4.78 is 5.33. The number of carbonyl (C=O) groups is 1. The number of aryl methyl sites for hydroxylation is 3. The summed E-state index contributed by atoms with van der Waals surface area (Å²) in [5.41, 5.74) is 5.39. The predicted octanol–water partition coefficient (Wildman–Crippen LogP) is 0.981. The molecule has 0 aliphatic carbocycles. The minimum atomic E-state index is -0.340. The number of rotatable bonds is 3. The number of amides is 1. The smallest absolute Gasteiger partial charge is 0.271 e. The molecular weight excluding hydrogens is 192 g/mol. The quantitative estimate of drug-likeness (QED) is 0.442. The van der Waals surface area contributed by atoms with Gasteiger partial charge in [0.25, 0.3) is 5.91 Å². The SMILES string of the molecule is Cc1cc(C)c(OCC(=O)NN)cc1C. The fourth-order valence-electron chi connectivity index (χ4n) is 1.27. The third-order valence-electron chi connectivity index (χ3n) is 2.31. The molecular formula is C11H16N2O2. The minimum absolute atomic E-state index is 0.0557. The Morgan fingerprint density at radius 1 is 1.27 bits per heavy atom. The van der Waals surface area contributed by atoms with Crippen LogP contribution in [0.5, 0.6) is 5.75 Å². The maximum absolute atomic E-state index is 10.9. The van der Waals surface area contributed by atoms with E-state index in [2.05, 4.69) is 0 Å². The molecule has 0 fully saturated rings. The van der Waals surface area contributed by atoms with Gasteiger partial charge in [0.15, 0.2) is 6.61 Å². The van der Waals surface area contributed by atoms with Crippen molar-refractivity contribution in [1.29, 1.82) is 0 Å². The molecule has 0 bridgehead atoms. The molecule has 4 heteroatoms. The van der Waals surface area contributed by atoms with Crippen molar-refractivity contribution in [2.45, 2.75) is 20.8 Å². The average molecular weight is 208 g/mol. The van der Waals surface area contributed by atoms with E-state index in [-0.39, 0.29) is 12.5 Å². The Balaban J connectivity index is 2.77. The van der Waals surface area contributed by atoms with Crippen LogP contribution in [0.1, 0.15) is 16.7 Å². The summed E-state index contributed by atoms with van der Waals surface area (Å²) in [6, 6.07) is 3.96. The second-order valence-electron chi connectivity index (χ2n) is 3.56. The summed E-state index contributed by atoms with van der Waals surface area (Å²) in [6.45, 7) is 5.94. The Kier molecular flexibility index (Phi) is 3.68. The average Bonchev–Trinajstić information content (AvgIpc) is 2.21. The van der Waals surface area contributed by atoms with E-state index >= 15 is 0 Å². The van der Waals surface area contributed by atoms with Crippen molar-refractivity contribution >= 4 is 5.91 Å². The van der Waals surface area contributed by atoms with Gasteiger partial charge in [0, 0.05) is 0 Å². The first-order chi connectivity index (χ1) is 7.04. The second-order valence-corrected chi connectivity index (χ2v) is 3.56. The van der Waals surface area contributed by atoms with Gasteiger partial charge in [-0.3, -0.25) is 10.2 Å². The first-order valence-corrected chi connectivity index (χ1v) is 4.74. The molecule has 0 saturated carbocycles. The zero-order valence-electron chi connectivity index (χ0n) is 9.26. The van der Waals surface area contributed by atoms with Crippen LogP contribution in [-0.4, -0.2) is 12.5 Å². The molecule has 0 aliphatic heterocycles. The van der Waals surface area contributed by atoms with Crippen molar-refractivity contribution in [2.75, 3.05) is 6.61 Å². The van der Waals surface area contributed by atoms with Crippen LogP contribution in [0, 0.1) is 20.8 Å². The number of benzene rings is 1. The number of nitrogens with one attached hydrogen (secondary N) is 1. The van der Waals surface area contributed by atoms with E-state index in [1.165, 1.54) is 5.56 Å². The van der Waals surface area contributed by atoms with Crippen LogP contribution in [0.3, 0.4) is 0 Å². The van der Waals surface area contributed by atoms with Crippen LogP contribution in [0.25, 0.3) is 0 Å². The van der Waals surface area contributed by atoms with E-state index < -0.39 is 0 Å². The number of nitrogens with two attached hydrogens (primary N) is 1. The molecule has 0 atom stereocenters. The number of hydrogen-bond acceptors (Lipinski definition) is 3. The first kappa shape index (κ1) is 11.5. The lowest BCUT2D eigenvalue weighted by Gasteiger charge is -2.10. The summed E-state index contributed by atoms with van der Waals surface area (Å²) in [5, 5.41) is 0. The van der Waals surface area contributed by atoms with Crippen molar-refractivity contribution in [1.82, 2.24) is 5.43 Å². The maximum Gasteiger partial charge on any atom is 0.271 e. The normalized spacial score (nSPS) is 9.87. The standard InChI is InChI=1S/C11H16N2O2/c1-7-4-9(3)10(5-8(7)2)15-6-11(14)13-12/h4-5H,6,12H2,1-3H3,(H,13,14). The van der Waals surface area contributed by atoms with Gasteiger partial charge in [-0.05, 0) is 43.5 Å². The zero-order chi connectivity index (χ0) is 11.4. The molecule has 82 valence electrons. The van der Waals surface area contributed by atoms with Gasteiger partial charge in [-0.2, -0.15) is 0 Å². The Bertz CT molecular complexity index is 375. The van der Waals surface area contributed by atoms with Gasteiger partial charge in [-0.15, -0.1) is 0 Å². The second kappa shape index (κ2) is 4.79. The van der Waals surface area contributed by atoms with Gasteiger partial charge in [0.05, 0.1) is 0 Å². The molecule has 0 radical (unpaired) electrons. The maximum atomic E-state index is 10.9. The third kappa shape index (κ3) is 2.95. The Morgan fingerprint density at radius 2 is 1.87 bits per heavy atom. The summed E-state index contributed by atoms with van der Waals surface area (Å²) >= 11 is 0. The fraction of sp³-hybridized carbons (Fsp3) is 0.364. The highest BCUT2D eigenvalue weighted by Crippen LogP contribution is 2.22. The summed E-state index contributed by atoms with van der Waals surface area (Å²) in [6.07, 6.45) is 0. The van der Waals surface area contributed by atoms with Crippen molar-refractivity contribution in [2.24, 2.45) is 5.84 Å². The number of hydrogen-bond donors (Lipinski definition) is 2. The highest BCUT2D eigenvalue weighted by Gasteiger charge is 2.05. The van der Waals surface area contributed by atoms with Crippen molar-refractivity contribution in [3.8, 4) is 5.75 Å². The van der Waals surface area contributed by atoms with E-state index in [0.717, 1.165) is 16.9 Å². The molecule has 4 nitrogen and oxygen atoms in total. The highest BCUT2D eigenvalue weighted by molar-refractivity contribution is 5.76. The Morgan fingerprint density at radius 3 is 2.47 bits per heavy atom. The molecule has 0 heterocycles.